The van der Waals surface area contributed by atoms with Crippen LogP contribution >= 0.6 is 23.2 Å². The van der Waals surface area contributed by atoms with Gasteiger partial charge in [0.2, 0.25) is 5.91 Å². The predicted molar refractivity (Wildman–Crippen MR) is 93.5 cm³/mol. The summed E-state index contributed by atoms with van der Waals surface area (Å²) < 4.78 is 5.22. The van der Waals surface area contributed by atoms with Crippen LogP contribution in [0.2, 0.25) is 10.0 Å². The summed E-state index contributed by atoms with van der Waals surface area (Å²) in [6.07, 6.45) is 0.144. The van der Waals surface area contributed by atoms with Crippen LogP contribution in [0.25, 0.3) is 0 Å². The highest BCUT2D eigenvalue weighted by atomic mass is 35.5. The maximum atomic E-state index is 12.8. The Morgan fingerprint density at radius 3 is 2.62 bits per heavy atom. The van der Waals surface area contributed by atoms with Gasteiger partial charge in [0.05, 0.1) is 16.7 Å². The Kier molecular flexibility index (Phi) is 4.52. The minimum absolute atomic E-state index is 0.144. The van der Waals surface area contributed by atoms with E-state index in [9.17, 15) is 9.59 Å². The van der Waals surface area contributed by atoms with Crippen molar-refractivity contribution in [2.75, 3.05) is 11.9 Å². The number of rotatable bonds is 4. The predicted octanol–water partition coefficient (Wildman–Crippen LogP) is 3.99. The molecule has 0 saturated carbocycles. The fourth-order valence-corrected chi connectivity index (χ4v) is 3.30. The van der Waals surface area contributed by atoms with Crippen LogP contribution in [0, 0.1) is 0 Å². The standard InChI is InChI=1S/C18H15Cl2NO3/c1-2-24-17(23)18(10-11-7-8-13(19)14(20)9-11)12-5-3-4-6-15(12)21-16(18)22/h3-9H,2,10H2,1H3,(H,21,22). The van der Waals surface area contributed by atoms with Gasteiger partial charge in [0, 0.05) is 17.7 Å². The van der Waals surface area contributed by atoms with Gasteiger partial charge < -0.3 is 10.1 Å². The van der Waals surface area contributed by atoms with E-state index in [0.29, 0.717) is 21.3 Å². The number of carbonyl (C=O) groups excluding carboxylic acids is 2. The molecule has 0 aliphatic carbocycles. The normalized spacial score (nSPS) is 18.9. The number of nitrogens with one attached hydrogen (secondary N) is 1. The van der Waals surface area contributed by atoms with Crippen LogP contribution in [-0.4, -0.2) is 18.5 Å². The zero-order valence-electron chi connectivity index (χ0n) is 12.9. The van der Waals surface area contributed by atoms with Gasteiger partial charge in [-0.3, -0.25) is 9.59 Å². The first-order chi connectivity index (χ1) is 11.5. The maximum absolute atomic E-state index is 12.8. The van der Waals surface area contributed by atoms with Gasteiger partial charge in [-0.25, -0.2) is 0 Å². The third-order valence-corrected chi connectivity index (χ3v) is 4.84. The molecule has 0 bridgehead atoms. The Morgan fingerprint density at radius 1 is 1.17 bits per heavy atom. The molecule has 1 amide bonds. The molecule has 0 spiro atoms. The van der Waals surface area contributed by atoms with Gasteiger partial charge in [-0.15, -0.1) is 0 Å². The maximum Gasteiger partial charge on any atom is 0.326 e. The molecule has 124 valence electrons. The number of halogens is 2. The molecule has 1 heterocycles. The lowest BCUT2D eigenvalue weighted by molar-refractivity contribution is -0.153. The lowest BCUT2D eigenvalue weighted by atomic mass is 9.76. The minimum Gasteiger partial charge on any atom is -0.465 e. The fourth-order valence-electron chi connectivity index (χ4n) is 2.98. The fraction of sp³-hybridized carbons (Fsp3) is 0.222. The van der Waals surface area contributed by atoms with Crippen LogP contribution in [0.15, 0.2) is 42.5 Å². The van der Waals surface area contributed by atoms with Crippen molar-refractivity contribution < 1.29 is 14.3 Å². The summed E-state index contributed by atoms with van der Waals surface area (Å²) in [6, 6.07) is 12.2. The van der Waals surface area contributed by atoms with Crippen molar-refractivity contribution in [2.45, 2.75) is 18.8 Å². The molecule has 2 aromatic rings. The van der Waals surface area contributed by atoms with Gasteiger partial charge in [0.25, 0.3) is 0 Å². The van der Waals surface area contributed by atoms with Crippen LogP contribution in [-0.2, 0) is 26.2 Å². The van der Waals surface area contributed by atoms with E-state index < -0.39 is 17.3 Å². The molecule has 0 fully saturated rings. The van der Waals surface area contributed by atoms with E-state index in [1.54, 1.807) is 49.4 Å². The molecule has 1 aliphatic rings. The molecule has 1 aliphatic heterocycles. The van der Waals surface area contributed by atoms with E-state index in [-0.39, 0.29) is 13.0 Å². The number of anilines is 1. The van der Waals surface area contributed by atoms with Crippen LogP contribution in [0.1, 0.15) is 18.1 Å². The number of esters is 1. The SMILES string of the molecule is CCOC(=O)C1(Cc2ccc(Cl)c(Cl)c2)C(=O)Nc2ccccc21. The van der Waals surface area contributed by atoms with Crippen molar-refractivity contribution in [2.24, 2.45) is 0 Å². The Morgan fingerprint density at radius 2 is 1.92 bits per heavy atom. The average molecular weight is 364 g/mol. The quantitative estimate of drug-likeness (QED) is 0.659. The van der Waals surface area contributed by atoms with E-state index in [1.165, 1.54) is 0 Å². The first-order valence-electron chi connectivity index (χ1n) is 7.51. The highest BCUT2D eigenvalue weighted by Crippen LogP contribution is 2.41. The monoisotopic (exact) mass is 363 g/mol. The number of amides is 1. The average Bonchev–Trinajstić information content (AvgIpc) is 2.84. The van der Waals surface area contributed by atoms with Crippen molar-refractivity contribution in [3.8, 4) is 0 Å². The Labute approximate surface area is 149 Å². The van der Waals surface area contributed by atoms with Gasteiger partial charge in [0.1, 0.15) is 0 Å². The second kappa shape index (κ2) is 6.46. The van der Waals surface area contributed by atoms with Gasteiger partial charge >= 0.3 is 5.97 Å². The largest absolute Gasteiger partial charge is 0.465 e. The Balaban J connectivity index is 2.12. The molecule has 1 unspecified atom stereocenters. The number of benzene rings is 2. The molecular weight excluding hydrogens is 349 g/mol. The summed E-state index contributed by atoms with van der Waals surface area (Å²) in [6.45, 7) is 1.90. The van der Waals surface area contributed by atoms with Gasteiger partial charge in [-0.1, -0.05) is 47.5 Å². The number of ether oxygens (including phenoxy) is 1. The van der Waals surface area contributed by atoms with E-state index in [2.05, 4.69) is 5.32 Å². The molecule has 0 radical (unpaired) electrons. The summed E-state index contributed by atoms with van der Waals surface area (Å²) in [5.74, 6) is -0.966. The lowest BCUT2D eigenvalue weighted by Crippen LogP contribution is -2.45. The number of carbonyl (C=O) groups is 2. The summed E-state index contributed by atoms with van der Waals surface area (Å²) in [7, 11) is 0. The molecule has 0 aromatic heterocycles. The second-order valence-electron chi connectivity index (χ2n) is 5.55. The van der Waals surface area contributed by atoms with E-state index in [0.717, 1.165) is 5.56 Å². The number of hydrogen-bond acceptors (Lipinski definition) is 3. The van der Waals surface area contributed by atoms with Crippen molar-refractivity contribution in [3.63, 3.8) is 0 Å². The summed E-state index contributed by atoms with van der Waals surface area (Å²) in [4.78, 5) is 25.5. The lowest BCUT2D eigenvalue weighted by Gasteiger charge is -2.25. The molecule has 1 atom stereocenters. The topological polar surface area (TPSA) is 55.4 Å². The van der Waals surface area contributed by atoms with Crippen LogP contribution in [0.4, 0.5) is 5.69 Å². The van der Waals surface area contributed by atoms with Crippen LogP contribution in [0.5, 0.6) is 0 Å². The smallest absolute Gasteiger partial charge is 0.326 e. The number of fused-ring (bicyclic) bond motifs is 1. The highest BCUT2D eigenvalue weighted by Gasteiger charge is 2.54. The van der Waals surface area contributed by atoms with E-state index >= 15 is 0 Å². The van der Waals surface area contributed by atoms with Crippen LogP contribution in [0.3, 0.4) is 0 Å². The van der Waals surface area contributed by atoms with Crippen molar-refractivity contribution in [1.29, 1.82) is 0 Å². The molecule has 3 rings (SSSR count). The molecule has 0 saturated heterocycles. The molecule has 24 heavy (non-hydrogen) atoms. The number of para-hydroxylation sites is 1. The van der Waals surface area contributed by atoms with Crippen molar-refractivity contribution in [3.05, 3.63) is 63.6 Å². The zero-order chi connectivity index (χ0) is 17.3. The molecule has 2 aromatic carbocycles. The number of hydrogen-bond donors (Lipinski definition) is 1. The van der Waals surface area contributed by atoms with E-state index in [4.69, 9.17) is 27.9 Å². The molecular formula is C18H15Cl2NO3. The van der Waals surface area contributed by atoms with Gasteiger partial charge in [-0.2, -0.15) is 0 Å². The first kappa shape index (κ1) is 16.8. The van der Waals surface area contributed by atoms with Crippen molar-refractivity contribution >= 4 is 40.8 Å². The molecule has 4 nitrogen and oxygen atoms in total. The minimum atomic E-state index is -1.43. The summed E-state index contributed by atoms with van der Waals surface area (Å²) in [5, 5.41) is 3.57. The Hall–Kier alpha value is -2.04. The third kappa shape index (κ3) is 2.66. The summed E-state index contributed by atoms with van der Waals surface area (Å²) >= 11 is 12.0. The third-order valence-electron chi connectivity index (χ3n) is 4.10. The van der Waals surface area contributed by atoms with Crippen molar-refractivity contribution in [1.82, 2.24) is 0 Å². The summed E-state index contributed by atoms with van der Waals surface area (Å²) in [5.41, 5.74) is 0.531. The Bertz CT molecular complexity index is 822. The first-order valence-corrected chi connectivity index (χ1v) is 8.26. The molecule has 6 heteroatoms. The molecule has 1 N–H and O–H groups in total. The van der Waals surface area contributed by atoms with Gasteiger partial charge in [0.15, 0.2) is 5.41 Å². The highest BCUT2D eigenvalue weighted by molar-refractivity contribution is 6.42. The second-order valence-corrected chi connectivity index (χ2v) is 6.37. The zero-order valence-corrected chi connectivity index (χ0v) is 14.4. The van der Waals surface area contributed by atoms with Gasteiger partial charge in [-0.05, 0) is 30.7 Å². The van der Waals surface area contributed by atoms with E-state index in [1.807, 2.05) is 0 Å². The van der Waals surface area contributed by atoms with Crippen LogP contribution < -0.4 is 5.32 Å².